The van der Waals surface area contributed by atoms with Crippen LogP contribution in [0.1, 0.15) is 64.3 Å². The Hall–Kier alpha value is -3.87. The number of likely N-dealkylation sites (tertiary alicyclic amines) is 1. The van der Waals surface area contributed by atoms with Crippen molar-refractivity contribution in [2.45, 2.75) is 71.3 Å². The van der Waals surface area contributed by atoms with Crippen molar-refractivity contribution >= 4 is 27.1 Å². The van der Waals surface area contributed by atoms with Crippen molar-refractivity contribution in [3.8, 4) is 11.4 Å². The van der Waals surface area contributed by atoms with Gasteiger partial charge in [0.15, 0.2) is 5.82 Å². The van der Waals surface area contributed by atoms with Gasteiger partial charge in [0.05, 0.1) is 35.4 Å². The van der Waals surface area contributed by atoms with Gasteiger partial charge in [-0.15, -0.1) is 0 Å². The summed E-state index contributed by atoms with van der Waals surface area (Å²) in [5, 5.41) is 3.32. The summed E-state index contributed by atoms with van der Waals surface area (Å²) in [5.74, 6) is 1.31. The zero-order valence-corrected chi connectivity index (χ0v) is 24.4. The summed E-state index contributed by atoms with van der Waals surface area (Å²) in [4.78, 5) is 32.0. The summed E-state index contributed by atoms with van der Waals surface area (Å²) in [5.41, 5.74) is 3.28. The van der Waals surface area contributed by atoms with Gasteiger partial charge in [0.25, 0.3) is 10.0 Å². The summed E-state index contributed by atoms with van der Waals surface area (Å²) in [6.45, 7) is 11.9. The van der Waals surface area contributed by atoms with E-state index in [9.17, 15) is 13.2 Å². The summed E-state index contributed by atoms with van der Waals surface area (Å²) in [6, 6.07) is 4.11. The number of amides is 1. The monoisotopic (exact) mass is 566 g/mol. The molecule has 0 radical (unpaired) electrons. The molecule has 13 heteroatoms. The first kappa shape index (κ1) is 27.7. The summed E-state index contributed by atoms with van der Waals surface area (Å²) < 4.78 is 35.1. The number of aromatic nitrogens is 7. The number of rotatable bonds is 6. The fraction of sp³-hybridized carbons (Fsp3) is 0.481. The molecule has 1 amide bonds. The first-order chi connectivity index (χ1) is 18.8. The molecule has 0 N–H and O–H groups in total. The van der Waals surface area contributed by atoms with Crippen LogP contribution in [0.25, 0.3) is 22.4 Å². The molecule has 4 aromatic heterocycles. The smallest absolute Gasteiger partial charge is 0.410 e. The molecular weight excluding hydrogens is 532 g/mol. The quantitative estimate of drug-likeness (QED) is 0.341. The highest BCUT2D eigenvalue weighted by molar-refractivity contribution is 7.90. The Morgan fingerprint density at radius 1 is 1.15 bits per heavy atom. The molecule has 0 aliphatic carbocycles. The molecule has 1 atom stereocenters. The second kappa shape index (κ2) is 10.3. The molecule has 0 aromatic carbocycles. The fourth-order valence-electron chi connectivity index (χ4n) is 4.90. The van der Waals surface area contributed by atoms with Crippen molar-refractivity contribution in [3.05, 3.63) is 54.1 Å². The van der Waals surface area contributed by atoms with Gasteiger partial charge in [-0.1, -0.05) is 0 Å². The molecule has 1 saturated heterocycles. The normalized spacial score (nSPS) is 16.3. The van der Waals surface area contributed by atoms with Crippen LogP contribution in [-0.4, -0.2) is 77.0 Å². The molecule has 5 heterocycles. The Bertz CT molecular complexity index is 1670. The molecule has 40 heavy (non-hydrogen) atoms. The number of hydrogen-bond donors (Lipinski definition) is 0. The van der Waals surface area contributed by atoms with Gasteiger partial charge in [-0.2, -0.15) is 9.19 Å². The average molecular weight is 567 g/mol. The first-order valence-electron chi connectivity index (χ1n) is 13.2. The average Bonchev–Trinajstić information content (AvgIpc) is 3.61. The van der Waals surface area contributed by atoms with E-state index < -0.39 is 27.0 Å². The summed E-state index contributed by atoms with van der Waals surface area (Å²) in [6.07, 6.45) is 6.53. The maximum absolute atomic E-state index is 13.3. The van der Waals surface area contributed by atoms with Crippen LogP contribution < -0.4 is 0 Å². The van der Waals surface area contributed by atoms with Crippen LogP contribution in [0.4, 0.5) is 4.79 Å². The number of nitrogens with zero attached hydrogens (tertiary/aromatic N) is 8. The molecule has 1 aliphatic heterocycles. The Balaban J connectivity index is 1.32. The van der Waals surface area contributed by atoms with E-state index in [1.807, 2.05) is 19.1 Å². The molecule has 0 bridgehead atoms. The van der Waals surface area contributed by atoms with Crippen LogP contribution >= 0.6 is 0 Å². The minimum absolute atomic E-state index is 0.0466. The third kappa shape index (κ3) is 5.55. The fourth-order valence-corrected chi connectivity index (χ4v) is 6.42. The number of pyridine rings is 1. The summed E-state index contributed by atoms with van der Waals surface area (Å²) in [7, 11) is -3.84. The van der Waals surface area contributed by atoms with Gasteiger partial charge in [-0.3, -0.25) is 4.98 Å². The van der Waals surface area contributed by atoms with E-state index in [-0.39, 0.29) is 12.6 Å². The van der Waals surface area contributed by atoms with E-state index in [0.717, 1.165) is 32.3 Å². The van der Waals surface area contributed by atoms with Crippen LogP contribution in [0.15, 0.2) is 36.9 Å². The number of aryl methyl sites for hydroxylation is 1. The number of imidazole rings is 1. The second-order valence-electron chi connectivity index (χ2n) is 11.3. The number of carbonyl (C=O) groups excluding carboxylic acids is 1. The number of carbonyl (C=O) groups is 1. The van der Waals surface area contributed by atoms with Gasteiger partial charge in [0.1, 0.15) is 22.2 Å². The van der Waals surface area contributed by atoms with E-state index >= 15 is 0 Å². The topological polar surface area (TPSA) is 138 Å². The summed E-state index contributed by atoms with van der Waals surface area (Å²) >= 11 is 0. The lowest BCUT2D eigenvalue weighted by Crippen LogP contribution is -2.37. The Kier molecular flexibility index (Phi) is 7.11. The van der Waals surface area contributed by atoms with E-state index in [1.54, 1.807) is 33.2 Å². The zero-order chi connectivity index (χ0) is 28.8. The van der Waals surface area contributed by atoms with Gasteiger partial charge >= 0.3 is 6.09 Å². The third-order valence-electron chi connectivity index (χ3n) is 6.70. The SMILES string of the molecule is Cc1nc2cnc(Cc3ccnc(-c4cnn(S(=O)(=O)C5CCN(C(=O)OC(C)(C)C)C5)c4)n3)cc2n1C(C)C. The van der Waals surface area contributed by atoms with E-state index in [1.165, 1.54) is 17.3 Å². The Morgan fingerprint density at radius 2 is 1.93 bits per heavy atom. The van der Waals surface area contributed by atoms with Crippen LogP contribution in [0.3, 0.4) is 0 Å². The number of ether oxygens (including phenoxy) is 1. The Labute approximate surface area is 233 Å². The number of hydrogen-bond acceptors (Lipinski definition) is 9. The minimum atomic E-state index is -3.84. The third-order valence-corrected chi connectivity index (χ3v) is 8.65. The van der Waals surface area contributed by atoms with Crippen LogP contribution in [-0.2, 0) is 21.2 Å². The maximum atomic E-state index is 13.3. The molecule has 1 aliphatic rings. The van der Waals surface area contributed by atoms with Gasteiger partial charge in [0.2, 0.25) is 0 Å². The molecule has 0 spiro atoms. The van der Waals surface area contributed by atoms with Crippen molar-refractivity contribution < 1.29 is 17.9 Å². The standard InChI is InChI=1S/C27H34N8O4S/c1-17(2)35-18(3)31-23-14-29-21(12-24(23)35)11-20-7-9-28-25(32-20)19-13-30-34(15-19)40(37,38)22-8-10-33(16-22)26(36)39-27(4,5)6/h7,9,12-15,17,22H,8,10-11,16H2,1-6H3. The zero-order valence-electron chi connectivity index (χ0n) is 23.6. The highest BCUT2D eigenvalue weighted by Gasteiger charge is 2.38. The molecule has 4 aromatic rings. The van der Waals surface area contributed by atoms with E-state index in [4.69, 9.17) is 4.74 Å². The lowest BCUT2D eigenvalue weighted by atomic mass is 10.2. The minimum Gasteiger partial charge on any atom is -0.444 e. The van der Waals surface area contributed by atoms with E-state index in [2.05, 4.69) is 43.4 Å². The maximum Gasteiger partial charge on any atom is 0.410 e. The van der Waals surface area contributed by atoms with Crippen molar-refractivity contribution in [3.63, 3.8) is 0 Å². The molecule has 0 saturated carbocycles. The predicted octanol–water partition coefficient (Wildman–Crippen LogP) is 3.75. The molecule has 1 fully saturated rings. The molecule has 5 rings (SSSR count). The van der Waals surface area contributed by atoms with Crippen molar-refractivity contribution in [1.29, 1.82) is 0 Å². The molecule has 12 nitrogen and oxygen atoms in total. The number of fused-ring (bicyclic) bond motifs is 1. The molecular formula is C27H34N8O4S. The molecule has 212 valence electrons. The van der Waals surface area contributed by atoms with Crippen molar-refractivity contribution in [2.75, 3.05) is 13.1 Å². The first-order valence-corrected chi connectivity index (χ1v) is 14.7. The van der Waals surface area contributed by atoms with Crippen LogP contribution in [0, 0.1) is 6.92 Å². The predicted molar refractivity (Wildman–Crippen MR) is 149 cm³/mol. The molecule has 1 unspecified atom stereocenters. The Morgan fingerprint density at radius 3 is 2.65 bits per heavy atom. The van der Waals surface area contributed by atoms with E-state index in [0.29, 0.717) is 30.8 Å². The highest BCUT2D eigenvalue weighted by Crippen LogP contribution is 2.24. The highest BCUT2D eigenvalue weighted by atomic mass is 32.2. The lowest BCUT2D eigenvalue weighted by molar-refractivity contribution is 0.0295. The second-order valence-corrected chi connectivity index (χ2v) is 13.4. The lowest BCUT2D eigenvalue weighted by Gasteiger charge is -2.24. The van der Waals surface area contributed by atoms with Crippen LogP contribution in [0.5, 0.6) is 0 Å². The van der Waals surface area contributed by atoms with Crippen LogP contribution in [0.2, 0.25) is 0 Å². The van der Waals surface area contributed by atoms with Crippen molar-refractivity contribution in [2.24, 2.45) is 0 Å². The van der Waals surface area contributed by atoms with Gasteiger partial charge in [-0.25, -0.2) is 28.2 Å². The largest absolute Gasteiger partial charge is 0.444 e. The van der Waals surface area contributed by atoms with Gasteiger partial charge < -0.3 is 14.2 Å². The van der Waals surface area contributed by atoms with Gasteiger partial charge in [0, 0.05) is 37.4 Å². The van der Waals surface area contributed by atoms with Gasteiger partial charge in [-0.05, 0) is 60.1 Å². The van der Waals surface area contributed by atoms with Crippen molar-refractivity contribution in [1.82, 2.24) is 38.6 Å².